The molecule has 0 saturated carbocycles. The molecule has 1 aromatic carbocycles. The molecule has 1 rings (SSSR count). The van der Waals surface area contributed by atoms with Crippen molar-refractivity contribution in [3.05, 3.63) is 39.9 Å². The van der Waals surface area contributed by atoms with Gasteiger partial charge in [0.1, 0.15) is 0 Å². The molecule has 0 aliphatic heterocycles. The van der Waals surface area contributed by atoms with Gasteiger partial charge in [-0.05, 0) is 24.6 Å². The molecule has 6 heteroatoms. The van der Waals surface area contributed by atoms with Gasteiger partial charge in [-0.1, -0.05) is 42.3 Å². The SMILES string of the molecule is CCN(CC(C)C(=O)OC)C(=O)/C=C/c1cccc(Cl)c1Cl. The van der Waals surface area contributed by atoms with Crippen LogP contribution in [0, 0.1) is 5.92 Å². The highest BCUT2D eigenvalue weighted by Gasteiger charge is 2.19. The van der Waals surface area contributed by atoms with Gasteiger partial charge in [-0.15, -0.1) is 0 Å². The normalized spacial score (nSPS) is 12.2. The van der Waals surface area contributed by atoms with Crippen molar-refractivity contribution in [3.8, 4) is 0 Å². The Bertz CT molecular complexity index is 573. The van der Waals surface area contributed by atoms with E-state index in [0.29, 0.717) is 28.7 Å². The first-order chi connectivity index (χ1) is 10.4. The number of methoxy groups -OCH3 is 1. The van der Waals surface area contributed by atoms with Crippen LogP contribution in [0.5, 0.6) is 0 Å². The van der Waals surface area contributed by atoms with E-state index in [2.05, 4.69) is 4.74 Å². The molecule has 0 aromatic heterocycles. The predicted molar refractivity (Wildman–Crippen MR) is 88.9 cm³/mol. The molecule has 1 atom stereocenters. The lowest BCUT2D eigenvalue weighted by molar-refractivity contribution is -0.146. The lowest BCUT2D eigenvalue weighted by Gasteiger charge is -2.22. The topological polar surface area (TPSA) is 46.6 Å². The fourth-order valence-electron chi connectivity index (χ4n) is 1.90. The van der Waals surface area contributed by atoms with Gasteiger partial charge in [-0.3, -0.25) is 9.59 Å². The van der Waals surface area contributed by atoms with Crippen molar-refractivity contribution in [2.75, 3.05) is 20.2 Å². The number of carbonyl (C=O) groups excluding carboxylic acids is 2. The average Bonchev–Trinajstić information content (AvgIpc) is 2.52. The van der Waals surface area contributed by atoms with Crippen LogP contribution in [-0.4, -0.2) is 37.0 Å². The molecular formula is C16H19Cl2NO3. The first-order valence-electron chi connectivity index (χ1n) is 6.89. The molecule has 1 amide bonds. The first-order valence-corrected chi connectivity index (χ1v) is 7.65. The van der Waals surface area contributed by atoms with Gasteiger partial charge in [0.05, 0.1) is 23.1 Å². The Balaban J connectivity index is 2.78. The number of esters is 1. The number of likely N-dealkylation sites (N-methyl/N-ethyl adjacent to an activating group) is 1. The van der Waals surface area contributed by atoms with Crippen molar-refractivity contribution in [2.24, 2.45) is 5.92 Å². The van der Waals surface area contributed by atoms with E-state index in [9.17, 15) is 9.59 Å². The largest absolute Gasteiger partial charge is 0.469 e. The lowest BCUT2D eigenvalue weighted by atomic mass is 10.1. The summed E-state index contributed by atoms with van der Waals surface area (Å²) in [6.45, 7) is 4.37. The Morgan fingerprint density at radius 3 is 2.64 bits per heavy atom. The molecule has 0 aliphatic carbocycles. The second-order valence-corrected chi connectivity index (χ2v) is 5.56. The van der Waals surface area contributed by atoms with Crippen molar-refractivity contribution < 1.29 is 14.3 Å². The second kappa shape index (κ2) is 8.81. The number of ether oxygens (including phenoxy) is 1. The van der Waals surface area contributed by atoms with Crippen molar-refractivity contribution in [1.82, 2.24) is 4.90 Å². The second-order valence-electron chi connectivity index (χ2n) is 4.78. The van der Waals surface area contributed by atoms with E-state index in [-0.39, 0.29) is 17.8 Å². The summed E-state index contributed by atoms with van der Waals surface area (Å²) in [5, 5.41) is 0.835. The zero-order valence-electron chi connectivity index (χ0n) is 12.8. The quantitative estimate of drug-likeness (QED) is 0.584. The van der Waals surface area contributed by atoms with Gasteiger partial charge in [0.25, 0.3) is 0 Å². The highest BCUT2D eigenvalue weighted by atomic mass is 35.5. The summed E-state index contributed by atoms with van der Waals surface area (Å²) in [4.78, 5) is 25.2. The highest BCUT2D eigenvalue weighted by molar-refractivity contribution is 6.42. The van der Waals surface area contributed by atoms with Crippen LogP contribution in [0.3, 0.4) is 0 Å². The maximum Gasteiger partial charge on any atom is 0.310 e. The molecule has 0 aliphatic rings. The van der Waals surface area contributed by atoms with Gasteiger partial charge in [0.15, 0.2) is 0 Å². The molecule has 1 aromatic rings. The van der Waals surface area contributed by atoms with Crippen molar-refractivity contribution in [2.45, 2.75) is 13.8 Å². The van der Waals surface area contributed by atoms with E-state index in [1.807, 2.05) is 6.92 Å². The Morgan fingerprint density at radius 1 is 1.36 bits per heavy atom. The van der Waals surface area contributed by atoms with E-state index < -0.39 is 0 Å². The Kier molecular flexibility index (Phi) is 7.42. The van der Waals surface area contributed by atoms with E-state index in [1.54, 1.807) is 36.1 Å². The van der Waals surface area contributed by atoms with Gasteiger partial charge in [0, 0.05) is 19.2 Å². The van der Waals surface area contributed by atoms with Crippen LogP contribution in [0.2, 0.25) is 10.0 Å². The molecule has 120 valence electrons. The average molecular weight is 344 g/mol. The van der Waals surface area contributed by atoms with Gasteiger partial charge < -0.3 is 9.64 Å². The van der Waals surface area contributed by atoms with E-state index >= 15 is 0 Å². The van der Waals surface area contributed by atoms with Crippen molar-refractivity contribution >= 4 is 41.2 Å². The number of carbonyl (C=O) groups is 2. The number of benzene rings is 1. The van der Waals surface area contributed by atoms with Gasteiger partial charge in [-0.25, -0.2) is 0 Å². The Hall–Kier alpha value is -1.52. The number of hydrogen-bond donors (Lipinski definition) is 0. The van der Waals surface area contributed by atoms with E-state index in [1.165, 1.54) is 13.2 Å². The summed E-state index contributed by atoms with van der Waals surface area (Å²) in [5.41, 5.74) is 0.666. The number of nitrogens with zero attached hydrogens (tertiary/aromatic N) is 1. The maximum absolute atomic E-state index is 12.2. The Labute approximate surface area is 140 Å². The zero-order chi connectivity index (χ0) is 16.7. The van der Waals surface area contributed by atoms with E-state index in [0.717, 1.165) is 0 Å². The molecule has 0 heterocycles. The fraction of sp³-hybridized carbons (Fsp3) is 0.375. The van der Waals surface area contributed by atoms with Gasteiger partial charge in [0.2, 0.25) is 5.91 Å². The molecule has 0 saturated heterocycles. The summed E-state index contributed by atoms with van der Waals surface area (Å²) >= 11 is 12.0. The molecular weight excluding hydrogens is 325 g/mol. The third kappa shape index (κ3) is 5.04. The molecule has 4 nitrogen and oxygen atoms in total. The smallest absolute Gasteiger partial charge is 0.310 e. The minimum atomic E-state index is -0.378. The fourth-order valence-corrected chi connectivity index (χ4v) is 2.27. The van der Waals surface area contributed by atoms with Crippen LogP contribution in [0.4, 0.5) is 0 Å². The van der Waals surface area contributed by atoms with Crippen molar-refractivity contribution in [1.29, 1.82) is 0 Å². The van der Waals surface area contributed by atoms with Crippen LogP contribution in [-0.2, 0) is 14.3 Å². The van der Waals surface area contributed by atoms with E-state index in [4.69, 9.17) is 23.2 Å². The van der Waals surface area contributed by atoms with Gasteiger partial charge >= 0.3 is 5.97 Å². The summed E-state index contributed by atoms with van der Waals surface area (Å²) in [7, 11) is 1.33. The van der Waals surface area contributed by atoms with Crippen LogP contribution in [0.1, 0.15) is 19.4 Å². The molecule has 22 heavy (non-hydrogen) atoms. The number of rotatable bonds is 6. The summed E-state index contributed by atoms with van der Waals surface area (Å²) in [5.74, 6) is -0.917. The van der Waals surface area contributed by atoms with Crippen molar-refractivity contribution in [3.63, 3.8) is 0 Å². The van der Waals surface area contributed by atoms with Crippen LogP contribution in [0.15, 0.2) is 24.3 Å². The maximum atomic E-state index is 12.2. The minimum Gasteiger partial charge on any atom is -0.469 e. The van der Waals surface area contributed by atoms with Crippen LogP contribution in [0.25, 0.3) is 6.08 Å². The molecule has 0 fully saturated rings. The third-order valence-corrected chi connectivity index (χ3v) is 4.01. The molecule has 1 unspecified atom stereocenters. The number of amides is 1. The zero-order valence-corrected chi connectivity index (χ0v) is 14.3. The lowest BCUT2D eigenvalue weighted by Crippen LogP contribution is -2.36. The molecule has 0 N–H and O–H groups in total. The predicted octanol–water partition coefficient (Wildman–Crippen LogP) is 3.66. The number of halogens is 2. The van der Waals surface area contributed by atoms with Gasteiger partial charge in [-0.2, -0.15) is 0 Å². The molecule has 0 bridgehead atoms. The summed E-state index contributed by atoms with van der Waals surface area (Å²) in [6.07, 6.45) is 3.03. The van der Waals surface area contributed by atoms with Crippen LogP contribution < -0.4 is 0 Å². The Morgan fingerprint density at radius 2 is 2.05 bits per heavy atom. The molecule has 0 radical (unpaired) electrons. The van der Waals surface area contributed by atoms with Crippen LogP contribution >= 0.6 is 23.2 Å². The minimum absolute atomic E-state index is 0.200. The third-order valence-electron chi connectivity index (χ3n) is 3.18. The highest BCUT2D eigenvalue weighted by Crippen LogP contribution is 2.26. The monoisotopic (exact) mass is 343 g/mol. The summed E-state index contributed by atoms with van der Waals surface area (Å²) in [6, 6.07) is 5.21. The summed E-state index contributed by atoms with van der Waals surface area (Å²) < 4.78 is 4.67. The number of hydrogen-bond acceptors (Lipinski definition) is 3. The standard InChI is InChI=1S/C16H19Cl2NO3/c1-4-19(10-11(2)16(21)22-3)14(20)9-8-12-6-5-7-13(17)15(12)18/h5-9,11H,4,10H2,1-3H3/b9-8+. The molecule has 0 spiro atoms. The first kappa shape index (κ1) is 18.5.